The Labute approximate surface area is 184 Å². The van der Waals surface area contributed by atoms with E-state index in [0.717, 1.165) is 4.57 Å². The van der Waals surface area contributed by atoms with Crippen LogP contribution in [0.2, 0.25) is 0 Å². The van der Waals surface area contributed by atoms with Crippen LogP contribution in [0.4, 0.5) is 0 Å². The molecule has 164 valence electrons. The molecule has 3 heterocycles. The van der Waals surface area contributed by atoms with Crippen molar-refractivity contribution in [3.8, 4) is 35.7 Å². The molecule has 1 fully saturated rings. The molecule has 0 radical (unpaired) electrons. The Morgan fingerprint density at radius 1 is 1.19 bits per heavy atom. The van der Waals surface area contributed by atoms with Gasteiger partial charge in [-0.3, -0.25) is 9.36 Å². The number of rotatable bonds is 6. The quantitative estimate of drug-likeness (QED) is 0.420. The lowest BCUT2D eigenvalue weighted by molar-refractivity contribution is 0.355. The van der Waals surface area contributed by atoms with E-state index in [1.54, 1.807) is 44.0 Å². The van der Waals surface area contributed by atoms with Gasteiger partial charge in [0.05, 0.1) is 33.5 Å². The van der Waals surface area contributed by atoms with Crippen LogP contribution in [0.25, 0.3) is 11.2 Å². The fourth-order valence-corrected chi connectivity index (χ4v) is 3.46. The van der Waals surface area contributed by atoms with Crippen LogP contribution in [0.1, 0.15) is 17.8 Å². The van der Waals surface area contributed by atoms with Gasteiger partial charge >= 0.3 is 5.69 Å². The highest BCUT2D eigenvalue weighted by atomic mass is 16.6. The number of terminal acetylenes is 1. The topological polar surface area (TPSA) is 92.8 Å². The summed E-state index contributed by atoms with van der Waals surface area (Å²) in [5.74, 6) is 9.88. The average molecular weight is 434 g/mol. The zero-order valence-electron chi connectivity index (χ0n) is 18.0. The predicted octanol–water partition coefficient (Wildman–Crippen LogP) is 0.736. The fourth-order valence-electron chi connectivity index (χ4n) is 3.46. The second kappa shape index (κ2) is 8.66. The lowest BCUT2D eigenvalue weighted by Gasteiger charge is -2.09. The number of imidazole rings is 1. The van der Waals surface area contributed by atoms with Gasteiger partial charge in [-0.05, 0) is 30.5 Å². The van der Waals surface area contributed by atoms with Crippen LogP contribution >= 0.6 is 0 Å². The first-order valence-electron chi connectivity index (χ1n) is 9.97. The highest BCUT2D eigenvalue weighted by Gasteiger charge is 2.24. The Hall–Kier alpha value is -3.95. The number of fused-ring (bicyclic) bond motifs is 1. The van der Waals surface area contributed by atoms with E-state index in [2.05, 4.69) is 22.7 Å². The van der Waals surface area contributed by atoms with Crippen LogP contribution < -0.4 is 20.7 Å². The molecule has 2 aromatic heterocycles. The van der Waals surface area contributed by atoms with Crippen LogP contribution in [-0.4, -0.2) is 45.6 Å². The molecule has 9 nitrogen and oxygen atoms in total. The highest BCUT2D eigenvalue weighted by Crippen LogP contribution is 2.27. The summed E-state index contributed by atoms with van der Waals surface area (Å²) in [6.45, 7) is 0.919. The third-order valence-corrected chi connectivity index (χ3v) is 5.27. The van der Waals surface area contributed by atoms with E-state index in [1.165, 1.54) is 4.57 Å². The molecule has 1 aliphatic rings. The van der Waals surface area contributed by atoms with Crippen molar-refractivity contribution in [1.29, 1.82) is 0 Å². The molecule has 32 heavy (non-hydrogen) atoms. The monoisotopic (exact) mass is 434 g/mol. The molecule has 1 unspecified atom stereocenters. The first-order chi connectivity index (χ1) is 15.5. The summed E-state index contributed by atoms with van der Waals surface area (Å²) in [5.41, 5.74) is 0.263. The van der Waals surface area contributed by atoms with Crippen LogP contribution in [-0.2, 0) is 24.9 Å². The minimum Gasteiger partial charge on any atom is -0.493 e. The third kappa shape index (κ3) is 3.86. The summed E-state index contributed by atoms with van der Waals surface area (Å²) in [6, 6.07) is 5.30. The molecular weight excluding hydrogens is 412 g/mol. The number of methoxy groups -OCH3 is 2. The van der Waals surface area contributed by atoms with Gasteiger partial charge in [0.15, 0.2) is 28.5 Å². The van der Waals surface area contributed by atoms with Gasteiger partial charge in [-0.1, -0.05) is 11.8 Å². The number of epoxide rings is 1. The van der Waals surface area contributed by atoms with E-state index in [-0.39, 0.29) is 23.8 Å². The molecular formula is C23H22N4O5. The Kier molecular flexibility index (Phi) is 5.76. The molecule has 1 atom stereocenters. The molecule has 0 saturated carbocycles. The molecule has 0 spiro atoms. The predicted molar refractivity (Wildman–Crippen MR) is 118 cm³/mol. The summed E-state index contributed by atoms with van der Waals surface area (Å²) in [5, 5.41) is 0. The van der Waals surface area contributed by atoms with E-state index in [9.17, 15) is 9.59 Å². The van der Waals surface area contributed by atoms with E-state index in [1.807, 2.05) is 0 Å². The summed E-state index contributed by atoms with van der Waals surface area (Å²) >= 11 is 0. The summed E-state index contributed by atoms with van der Waals surface area (Å²) in [6.07, 6.45) is 6.15. The van der Waals surface area contributed by atoms with Gasteiger partial charge in [0, 0.05) is 19.2 Å². The third-order valence-electron chi connectivity index (χ3n) is 5.27. The smallest absolute Gasteiger partial charge is 0.333 e. The lowest BCUT2D eigenvalue weighted by Crippen LogP contribution is -2.40. The maximum absolute atomic E-state index is 13.0. The largest absolute Gasteiger partial charge is 0.493 e. The Morgan fingerprint density at radius 3 is 2.59 bits per heavy atom. The second-order valence-corrected chi connectivity index (χ2v) is 7.26. The van der Waals surface area contributed by atoms with Gasteiger partial charge < -0.3 is 18.8 Å². The van der Waals surface area contributed by atoms with E-state index in [4.69, 9.17) is 20.6 Å². The zero-order valence-corrected chi connectivity index (χ0v) is 18.0. The average Bonchev–Trinajstić information content (AvgIpc) is 3.57. The summed E-state index contributed by atoms with van der Waals surface area (Å²) < 4.78 is 19.9. The minimum absolute atomic E-state index is 0.120. The lowest BCUT2D eigenvalue weighted by atomic mass is 10.2. The number of hydrogen-bond acceptors (Lipinski definition) is 6. The number of hydrogen-bond donors (Lipinski definition) is 0. The maximum Gasteiger partial charge on any atom is 0.333 e. The van der Waals surface area contributed by atoms with Crippen LogP contribution in [0.3, 0.4) is 0 Å². The summed E-state index contributed by atoms with van der Waals surface area (Å²) in [4.78, 5) is 30.4. The number of aromatic nitrogens is 4. The molecule has 1 aromatic carbocycles. The van der Waals surface area contributed by atoms with Gasteiger partial charge in [-0.25, -0.2) is 14.3 Å². The van der Waals surface area contributed by atoms with Crippen molar-refractivity contribution < 1.29 is 14.2 Å². The van der Waals surface area contributed by atoms with Crippen molar-refractivity contribution >= 4 is 11.2 Å². The van der Waals surface area contributed by atoms with Gasteiger partial charge in [0.2, 0.25) is 0 Å². The second-order valence-electron chi connectivity index (χ2n) is 7.26. The van der Waals surface area contributed by atoms with Gasteiger partial charge in [-0.15, -0.1) is 6.42 Å². The number of nitrogens with zero attached hydrogens (tertiary/aromatic N) is 4. The van der Waals surface area contributed by atoms with Crippen LogP contribution in [0, 0.1) is 24.2 Å². The van der Waals surface area contributed by atoms with Crippen LogP contribution in [0.15, 0.2) is 27.8 Å². The number of aryl methyl sites for hydroxylation is 2. The van der Waals surface area contributed by atoms with Crippen molar-refractivity contribution in [1.82, 2.24) is 18.7 Å². The number of benzene rings is 1. The summed E-state index contributed by atoms with van der Waals surface area (Å²) in [7, 11) is 4.80. The van der Waals surface area contributed by atoms with Crippen molar-refractivity contribution in [3.63, 3.8) is 0 Å². The number of ether oxygens (including phenoxy) is 3. The van der Waals surface area contributed by atoms with E-state index < -0.39 is 11.2 Å². The maximum atomic E-state index is 13.0. The Bertz CT molecular complexity index is 1410. The normalized spacial score (nSPS) is 14.5. The fraction of sp³-hybridized carbons (Fsp3) is 0.348. The van der Waals surface area contributed by atoms with E-state index in [0.29, 0.717) is 42.5 Å². The molecule has 1 aliphatic heterocycles. The molecule has 1 saturated heterocycles. The zero-order chi connectivity index (χ0) is 22.8. The van der Waals surface area contributed by atoms with E-state index >= 15 is 0 Å². The molecule has 4 rings (SSSR count). The van der Waals surface area contributed by atoms with Gasteiger partial charge in [-0.2, -0.15) is 0 Å². The van der Waals surface area contributed by atoms with Crippen molar-refractivity contribution in [2.24, 2.45) is 7.05 Å². The molecule has 0 N–H and O–H groups in total. The van der Waals surface area contributed by atoms with Crippen molar-refractivity contribution in [2.75, 3.05) is 20.8 Å². The minimum atomic E-state index is -0.490. The van der Waals surface area contributed by atoms with Gasteiger partial charge in [0.25, 0.3) is 5.56 Å². The molecule has 0 bridgehead atoms. The van der Waals surface area contributed by atoms with Crippen molar-refractivity contribution in [2.45, 2.75) is 25.6 Å². The highest BCUT2D eigenvalue weighted by molar-refractivity contribution is 5.72. The Balaban J connectivity index is 1.83. The Morgan fingerprint density at radius 2 is 1.94 bits per heavy atom. The first-order valence-corrected chi connectivity index (χ1v) is 9.97. The van der Waals surface area contributed by atoms with Gasteiger partial charge in [0.1, 0.15) is 0 Å². The molecule has 0 amide bonds. The standard InChI is InChI=1S/C23H22N4O5/c1-5-11-27-22(28)20-21(26(23(27)29)12-10-16-14-32-16)24-19(25(20)2)9-7-15-6-8-17(30-3)18(13-15)31-4/h1,6,8,13,16H,10-12,14H2,2-4H3. The van der Waals surface area contributed by atoms with Crippen LogP contribution in [0.5, 0.6) is 11.5 Å². The first kappa shape index (κ1) is 21.3. The molecule has 3 aromatic rings. The molecule has 0 aliphatic carbocycles. The molecule has 9 heteroatoms. The van der Waals surface area contributed by atoms with Crippen molar-refractivity contribution in [3.05, 3.63) is 50.4 Å². The SMILES string of the molecule is C#CCn1c(=O)c2c(nc(C#Cc3ccc(OC)c(OC)c3)n2C)n(CCC2CO2)c1=O.